The van der Waals surface area contributed by atoms with Gasteiger partial charge in [0.25, 0.3) is 5.91 Å². The summed E-state index contributed by atoms with van der Waals surface area (Å²) in [6.07, 6.45) is 0. The average molecular weight is 381 g/mol. The summed E-state index contributed by atoms with van der Waals surface area (Å²) < 4.78 is 20.8. The number of hydrogen-bond donors (Lipinski definition) is 1. The minimum absolute atomic E-state index is 0.180. The van der Waals surface area contributed by atoms with E-state index in [-0.39, 0.29) is 17.7 Å². The summed E-state index contributed by atoms with van der Waals surface area (Å²) >= 11 is 0. The van der Waals surface area contributed by atoms with Crippen LogP contribution in [0.2, 0.25) is 0 Å². The number of ether oxygens (including phenoxy) is 1. The average Bonchev–Trinajstić information content (AvgIpc) is 2.98. The lowest BCUT2D eigenvalue weighted by Gasteiger charge is -2.16. The first-order valence-electron chi connectivity index (χ1n) is 9.11. The number of aryl methyl sites for hydroxylation is 2. The van der Waals surface area contributed by atoms with Crippen LogP contribution in [0, 0.1) is 19.7 Å². The van der Waals surface area contributed by atoms with Crippen LogP contribution in [0.3, 0.4) is 0 Å². The molecule has 0 spiro atoms. The summed E-state index contributed by atoms with van der Waals surface area (Å²) in [5.74, 6) is -0.481. The van der Waals surface area contributed by atoms with Gasteiger partial charge in [0, 0.05) is 11.3 Å². The molecule has 2 aromatic carbocycles. The van der Waals surface area contributed by atoms with Crippen molar-refractivity contribution in [2.45, 2.75) is 33.4 Å². The molecule has 1 unspecified atom stereocenters. The van der Waals surface area contributed by atoms with Crippen LogP contribution in [0.5, 0.6) is 5.75 Å². The molecule has 1 aromatic heterocycles. The van der Waals surface area contributed by atoms with E-state index in [1.807, 2.05) is 49.7 Å². The van der Waals surface area contributed by atoms with Gasteiger partial charge in [-0.1, -0.05) is 18.2 Å². The first-order chi connectivity index (χ1) is 13.4. The highest BCUT2D eigenvalue weighted by Crippen LogP contribution is 2.22. The maximum absolute atomic E-state index is 13.9. The number of nitrogens with one attached hydrogen (secondary N) is 1. The molecule has 0 radical (unpaired) electrons. The second-order valence-electron chi connectivity index (χ2n) is 6.87. The smallest absolute Gasteiger partial charge is 0.251 e. The van der Waals surface area contributed by atoms with Gasteiger partial charge in [0.2, 0.25) is 0 Å². The summed E-state index contributed by atoms with van der Waals surface area (Å²) in [4.78, 5) is 12.7. The standard InChI is InChI=1S/C22H24FN3O2/c1-14-10-15(2)26(25-14)13-17-6-5-7-19(11-17)22(27)24-16(3)18-8-9-21(28-4)20(23)12-18/h5-12,16H,13H2,1-4H3,(H,24,27). The largest absolute Gasteiger partial charge is 0.494 e. The molecule has 3 rings (SSSR count). The predicted octanol–water partition coefficient (Wildman–Crippen LogP) is 4.19. The van der Waals surface area contributed by atoms with Crippen molar-refractivity contribution in [3.8, 4) is 5.75 Å². The number of rotatable bonds is 6. The molecule has 0 aliphatic rings. The van der Waals surface area contributed by atoms with Crippen molar-refractivity contribution in [2.24, 2.45) is 0 Å². The number of aromatic nitrogens is 2. The van der Waals surface area contributed by atoms with E-state index < -0.39 is 5.82 Å². The van der Waals surface area contributed by atoms with Crippen LogP contribution in [0.25, 0.3) is 0 Å². The number of methoxy groups -OCH3 is 1. The Morgan fingerprint density at radius 3 is 2.64 bits per heavy atom. The van der Waals surface area contributed by atoms with Crippen LogP contribution in [0.4, 0.5) is 4.39 Å². The first kappa shape index (κ1) is 19.6. The molecule has 146 valence electrons. The third kappa shape index (κ3) is 4.39. The summed E-state index contributed by atoms with van der Waals surface area (Å²) in [5.41, 5.74) is 4.25. The number of carbonyl (C=O) groups is 1. The van der Waals surface area contributed by atoms with Gasteiger partial charge in [0.15, 0.2) is 11.6 Å². The summed E-state index contributed by atoms with van der Waals surface area (Å²) in [6.45, 7) is 6.38. The number of benzene rings is 2. The van der Waals surface area contributed by atoms with Gasteiger partial charge in [0.05, 0.1) is 25.4 Å². The molecule has 0 bridgehead atoms. The van der Waals surface area contributed by atoms with Crippen LogP contribution in [-0.4, -0.2) is 22.8 Å². The number of nitrogens with zero attached hydrogens (tertiary/aromatic N) is 2. The van der Waals surface area contributed by atoms with Crippen LogP contribution >= 0.6 is 0 Å². The molecule has 5 nitrogen and oxygen atoms in total. The lowest BCUT2D eigenvalue weighted by Crippen LogP contribution is -2.26. The van der Waals surface area contributed by atoms with Gasteiger partial charge in [-0.2, -0.15) is 5.10 Å². The molecule has 3 aromatic rings. The molecule has 0 aliphatic carbocycles. The monoisotopic (exact) mass is 381 g/mol. The summed E-state index contributed by atoms with van der Waals surface area (Å²) in [5, 5.41) is 7.38. The van der Waals surface area contributed by atoms with E-state index in [1.165, 1.54) is 13.2 Å². The van der Waals surface area contributed by atoms with Crippen molar-refractivity contribution in [2.75, 3.05) is 7.11 Å². The van der Waals surface area contributed by atoms with E-state index >= 15 is 0 Å². The molecule has 0 saturated carbocycles. The Hall–Kier alpha value is -3.15. The lowest BCUT2D eigenvalue weighted by atomic mass is 10.1. The number of hydrogen-bond acceptors (Lipinski definition) is 3. The second kappa shape index (κ2) is 8.25. The Balaban J connectivity index is 1.72. The van der Waals surface area contributed by atoms with Crippen molar-refractivity contribution in [1.29, 1.82) is 0 Å². The molecule has 1 amide bonds. The van der Waals surface area contributed by atoms with Gasteiger partial charge in [-0.3, -0.25) is 9.48 Å². The normalized spacial score (nSPS) is 11.9. The van der Waals surface area contributed by atoms with Gasteiger partial charge in [0.1, 0.15) is 0 Å². The van der Waals surface area contributed by atoms with Gasteiger partial charge in [-0.15, -0.1) is 0 Å². The van der Waals surface area contributed by atoms with E-state index in [4.69, 9.17) is 4.74 Å². The zero-order valence-electron chi connectivity index (χ0n) is 16.5. The zero-order valence-corrected chi connectivity index (χ0v) is 16.5. The molecular weight excluding hydrogens is 357 g/mol. The third-order valence-electron chi connectivity index (χ3n) is 4.65. The molecule has 6 heteroatoms. The van der Waals surface area contributed by atoms with Crippen LogP contribution in [0.1, 0.15) is 45.8 Å². The highest BCUT2D eigenvalue weighted by Gasteiger charge is 2.14. The van der Waals surface area contributed by atoms with Gasteiger partial charge in [-0.05, 0) is 62.2 Å². The second-order valence-corrected chi connectivity index (χ2v) is 6.87. The van der Waals surface area contributed by atoms with E-state index in [0.717, 1.165) is 17.0 Å². The Kier molecular flexibility index (Phi) is 5.78. The Labute approximate surface area is 164 Å². The quantitative estimate of drug-likeness (QED) is 0.697. The van der Waals surface area contributed by atoms with E-state index in [9.17, 15) is 9.18 Å². The minimum atomic E-state index is -0.451. The molecule has 1 atom stereocenters. The number of amides is 1. The Morgan fingerprint density at radius 1 is 1.21 bits per heavy atom. The zero-order chi connectivity index (χ0) is 20.3. The molecule has 1 heterocycles. The fourth-order valence-electron chi connectivity index (χ4n) is 3.13. The fraction of sp³-hybridized carbons (Fsp3) is 0.273. The van der Waals surface area contributed by atoms with Gasteiger partial charge < -0.3 is 10.1 Å². The topological polar surface area (TPSA) is 56.1 Å². The van der Waals surface area contributed by atoms with Crippen molar-refractivity contribution in [3.63, 3.8) is 0 Å². The number of carbonyl (C=O) groups excluding carboxylic acids is 1. The summed E-state index contributed by atoms with van der Waals surface area (Å²) in [7, 11) is 1.42. The molecular formula is C22H24FN3O2. The molecule has 28 heavy (non-hydrogen) atoms. The minimum Gasteiger partial charge on any atom is -0.494 e. The SMILES string of the molecule is COc1ccc(C(C)NC(=O)c2cccc(Cn3nc(C)cc3C)c2)cc1F. The number of halogens is 1. The Morgan fingerprint density at radius 2 is 2.00 bits per heavy atom. The highest BCUT2D eigenvalue weighted by atomic mass is 19.1. The maximum atomic E-state index is 13.9. The van der Waals surface area contributed by atoms with Crippen LogP contribution in [0.15, 0.2) is 48.5 Å². The Bertz CT molecular complexity index is 997. The van der Waals surface area contributed by atoms with Gasteiger partial charge in [-0.25, -0.2) is 4.39 Å². The van der Waals surface area contributed by atoms with E-state index in [1.54, 1.807) is 18.2 Å². The van der Waals surface area contributed by atoms with Crippen LogP contribution < -0.4 is 10.1 Å². The van der Waals surface area contributed by atoms with Crippen molar-refractivity contribution < 1.29 is 13.9 Å². The van der Waals surface area contributed by atoms with E-state index in [0.29, 0.717) is 17.7 Å². The lowest BCUT2D eigenvalue weighted by molar-refractivity contribution is 0.0939. The molecule has 0 aliphatic heterocycles. The van der Waals surface area contributed by atoms with Crippen LogP contribution in [-0.2, 0) is 6.54 Å². The highest BCUT2D eigenvalue weighted by molar-refractivity contribution is 5.94. The van der Waals surface area contributed by atoms with Crippen molar-refractivity contribution in [1.82, 2.24) is 15.1 Å². The van der Waals surface area contributed by atoms with Gasteiger partial charge >= 0.3 is 0 Å². The molecule has 0 fully saturated rings. The fourth-order valence-corrected chi connectivity index (χ4v) is 3.13. The van der Waals surface area contributed by atoms with Crippen molar-refractivity contribution >= 4 is 5.91 Å². The van der Waals surface area contributed by atoms with Crippen molar-refractivity contribution in [3.05, 3.63) is 82.4 Å². The third-order valence-corrected chi connectivity index (χ3v) is 4.65. The molecule has 0 saturated heterocycles. The van der Waals surface area contributed by atoms with E-state index in [2.05, 4.69) is 10.4 Å². The first-order valence-corrected chi connectivity index (χ1v) is 9.11. The molecule has 1 N–H and O–H groups in total. The predicted molar refractivity (Wildman–Crippen MR) is 106 cm³/mol. The maximum Gasteiger partial charge on any atom is 0.251 e. The summed E-state index contributed by atoms with van der Waals surface area (Å²) in [6, 6.07) is 13.8.